The summed E-state index contributed by atoms with van der Waals surface area (Å²) in [5.41, 5.74) is -0.877. The van der Waals surface area contributed by atoms with Crippen molar-refractivity contribution < 1.29 is 13.2 Å². The van der Waals surface area contributed by atoms with E-state index in [0.29, 0.717) is 31.3 Å². The maximum Gasteiger partial charge on any atom is 0.255 e. The van der Waals surface area contributed by atoms with E-state index in [-0.39, 0.29) is 11.7 Å². The average Bonchev–Trinajstić information content (AvgIpc) is 2.83. The van der Waals surface area contributed by atoms with Crippen molar-refractivity contribution in [1.29, 1.82) is 0 Å². The van der Waals surface area contributed by atoms with E-state index in [2.05, 4.69) is 12.2 Å². The third-order valence-corrected chi connectivity index (χ3v) is 8.13. The summed E-state index contributed by atoms with van der Waals surface area (Å²) in [5, 5.41) is 6.46. The number of thiocarbonyl (C=S) groups is 1. The number of rotatable bonds is 10. The fraction of sp³-hybridized carbons (Fsp3) is 0.895. The smallest absolute Gasteiger partial charge is 0.255 e. The molecule has 0 aromatic rings. The minimum absolute atomic E-state index is 0.0442. The zero-order chi connectivity index (χ0) is 20.9. The molecule has 0 spiro atoms. The van der Waals surface area contributed by atoms with Crippen LogP contribution >= 0.6 is 12.2 Å². The second kappa shape index (κ2) is 9.82. The Morgan fingerprint density at radius 2 is 1.79 bits per heavy atom. The summed E-state index contributed by atoms with van der Waals surface area (Å²) in [6.45, 7) is 9.63. The van der Waals surface area contributed by atoms with E-state index in [9.17, 15) is 13.2 Å². The summed E-state index contributed by atoms with van der Waals surface area (Å²) in [5.74, 6) is 0.0176. The second-order valence-electron chi connectivity index (χ2n) is 8.15. The molecule has 2 heterocycles. The van der Waals surface area contributed by atoms with E-state index < -0.39 is 20.8 Å². The minimum Gasteiger partial charge on any atom is -0.313 e. The van der Waals surface area contributed by atoms with Crippen LogP contribution in [0.3, 0.4) is 0 Å². The number of hydrogen-bond acceptors (Lipinski definition) is 6. The van der Waals surface area contributed by atoms with Crippen LogP contribution in [0.15, 0.2) is 0 Å². The predicted molar refractivity (Wildman–Crippen MR) is 116 cm³/mol. The van der Waals surface area contributed by atoms with Crippen LogP contribution in [0.2, 0.25) is 0 Å². The lowest BCUT2D eigenvalue weighted by molar-refractivity contribution is -0.137. The van der Waals surface area contributed by atoms with Gasteiger partial charge in [-0.25, -0.2) is 8.42 Å². The quantitative estimate of drug-likeness (QED) is 0.419. The summed E-state index contributed by atoms with van der Waals surface area (Å²) in [7, 11) is -3.31. The molecule has 28 heavy (non-hydrogen) atoms. The van der Waals surface area contributed by atoms with Gasteiger partial charge in [0, 0.05) is 31.9 Å². The third kappa shape index (κ3) is 4.86. The van der Waals surface area contributed by atoms with Gasteiger partial charge in [0.25, 0.3) is 5.91 Å². The maximum atomic E-state index is 13.1. The maximum absolute atomic E-state index is 13.1. The van der Waals surface area contributed by atoms with Crippen molar-refractivity contribution in [3.05, 3.63) is 0 Å². The largest absolute Gasteiger partial charge is 0.313 e. The Bertz CT molecular complexity index is 666. The number of hydrogen-bond donors (Lipinski definition) is 1. The summed E-state index contributed by atoms with van der Waals surface area (Å²) < 4.78 is 25.3. The lowest BCUT2D eigenvalue weighted by Gasteiger charge is -2.45. The highest BCUT2D eigenvalue weighted by Crippen LogP contribution is 2.32. The summed E-state index contributed by atoms with van der Waals surface area (Å²) in [4.78, 5) is 14.8. The molecule has 0 aromatic heterocycles. The highest BCUT2D eigenvalue weighted by molar-refractivity contribution is 7.91. The molecule has 1 amide bonds. The van der Waals surface area contributed by atoms with Crippen LogP contribution in [0.5, 0.6) is 0 Å². The molecule has 1 N–H and O–H groups in total. The van der Waals surface area contributed by atoms with Crippen molar-refractivity contribution in [2.45, 2.75) is 77.1 Å². The molecule has 7 nitrogen and oxygen atoms in total. The molecule has 2 saturated heterocycles. The molecule has 0 bridgehead atoms. The predicted octanol–water partition coefficient (Wildman–Crippen LogP) is 2.14. The van der Waals surface area contributed by atoms with Crippen LogP contribution in [-0.4, -0.2) is 77.2 Å². The van der Waals surface area contributed by atoms with Gasteiger partial charge in [0.2, 0.25) is 0 Å². The average molecular weight is 433 g/mol. The molecular formula is C19H36N4O3S2. The van der Waals surface area contributed by atoms with Crippen LogP contribution in [0.25, 0.3) is 0 Å². The van der Waals surface area contributed by atoms with Crippen molar-refractivity contribution >= 4 is 33.1 Å². The number of carbonyl (C=O) groups is 1. The molecule has 2 aliphatic heterocycles. The normalized spacial score (nSPS) is 23.6. The standard InChI is InChI=1S/C19H36N4O3S2/c1-5-7-8-9-10-11-13-21-17(24)19(3,4)23(18(21)27)22-14-12-20-15-16(22)28(25,26)6-2/h16,20H,5-15H2,1-4H3. The monoisotopic (exact) mass is 432 g/mol. The van der Waals surface area contributed by atoms with Gasteiger partial charge in [0.1, 0.15) is 10.9 Å². The molecule has 0 radical (unpaired) electrons. The van der Waals surface area contributed by atoms with Crippen LogP contribution in [0, 0.1) is 0 Å². The number of carbonyl (C=O) groups excluding carboxylic acids is 1. The highest BCUT2D eigenvalue weighted by atomic mass is 32.2. The first-order chi connectivity index (χ1) is 13.2. The van der Waals surface area contributed by atoms with Gasteiger partial charge in [0.15, 0.2) is 14.9 Å². The number of unbranched alkanes of at least 4 members (excludes halogenated alkanes) is 5. The van der Waals surface area contributed by atoms with Crippen molar-refractivity contribution in [1.82, 2.24) is 20.2 Å². The lowest BCUT2D eigenvalue weighted by Crippen LogP contribution is -2.65. The summed E-state index contributed by atoms with van der Waals surface area (Å²) in [6.07, 6.45) is 6.85. The van der Waals surface area contributed by atoms with Crippen LogP contribution < -0.4 is 5.32 Å². The van der Waals surface area contributed by atoms with Crippen molar-refractivity contribution in [2.24, 2.45) is 0 Å². The number of piperazine rings is 1. The Balaban J connectivity index is 2.13. The summed E-state index contributed by atoms with van der Waals surface area (Å²) in [6, 6.07) is 0. The zero-order valence-electron chi connectivity index (χ0n) is 17.7. The van der Waals surface area contributed by atoms with Crippen LogP contribution in [0.4, 0.5) is 0 Å². The lowest BCUT2D eigenvalue weighted by atomic mass is 10.1. The van der Waals surface area contributed by atoms with Gasteiger partial charge in [-0.1, -0.05) is 46.0 Å². The molecular weight excluding hydrogens is 396 g/mol. The van der Waals surface area contributed by atoms with E-state index in [0.717, 1.165) is 12.8 Å². The first-order valence-corrected chi connectivity index (χ1v) is 12.7. The van der Waals surface area contributed by atoms with E-state index in [4.69, 9.17) is 12.2 Å². The number of nitrogens with zero attached hydrogens (tertiary/aromatic N) is 3. The van der Waals surface area contributed by atoms with E-state index >= 15 is 0 Å². The SMILES string of the molecule is CCCCCCCCN1C(=O)C(C)(C)N(N2CCNCC2S(=O)(=O)CC)C1=S. The fourth-order valence-corrected chi connectivity index (χ4v) is 5.78. The molecule has 2 aliphatic rings. The molecule has 2 rings (SSSR count). The highest BCUT2D eigenvalue weighted by Gasteiger charge is 2.53. The van der Waals surface area contributed by atoms with Crippen molar-refractivity contribution in [2.75, 3.05) is 31.9 Å². The first kappa shape index (κ1) is 23.5. The van der Waals surface area contributed by atoms with Crippen LogP contribution in [-0.2, 0) is 14.6 Å². The minimum atomic E-state index is -3.31. The van der Waals surface area contributed by atoms with Gasteiger partial charge in [0.05, 0.1) is 0 Å². The topological polar surface area (TPSA) is 73.0 Å². The summed E-state index contributed by atoms with van der Waals surface area (Å²) >= 11 is 5.67. The fourth-order valence-electron chi connectivity index (χ4n) is 3.94. The molecule has 9 heteroatoms. The van der Waals surface area contributed by atoms with E-state index in [1.54, 1.807) is 21.8 Å². The Morgan fingerprint density at radius 1 is 1.14 bits per heavy atom. The molecule has 162 valence electrons. The zero-order valence-corrected chi connectivity index (χ0v) is 19.4. The Hall–Kier alpha value is -0.770. The number of nitrogens with one attached hydrogen (secondary N) is 1. The number of hydrazine groups is 1. The molecule has 0 aromatic carbocycles. The van der Waals surface area contributed by atoms with Gasteiger partial charge >= 0.3 is 0 Å². The van der Waals surface area contributed by atoms with E-state index in [1.807, 2.05) is 13.8 Å². The molecule has 2 fully saturated rings. The van der Waals surface area contributed by atoms with Crippen molar-refractivity contribution in [3.63, 3.8) is 0 Å². The van der Waals surface area contributed by atoms with Gasteiger partial charge in [-0.15, -0.1) is 0 Å². The van der Waals surface area contributed by atoms with Crippen molar-refractivity contribution in [3.8, 4) is 0 Å². The van der Waals surface area contributed by atoms with Crippen LogP contribution in [0.1, 0.15) is 66.2 Å². The van der Waals surface area contributed by atoms with Gasteiger partial charge in [-0.05, 0) is 32.5 Å². The number of amides is 1. The second-order valence-corrected chi connectivity index (χ2v) is 11.0. The molecule has 0 aliphatic carbocycles. The first-order valence-electron chi connectivity index (χ1n) is 10.5. The van der Waals surface area contributed by atoms with Gasteiger partial charge in [-0.2, -0.15) is 5.01 Å². The Labute approximate surface area is 175 Å². The van der Waals surface area contributed by atoms with Gasteiger partial charge < -0.3 is 5.32 Å². The molecule has 1 atom stereocenters. The van der Waals surface area contributed by atoms with E-state index in [1.165, 1.54) is 25.7 Å². The molecule has 0 saturated carbocycles. The van der Waals surface area contributed by atoms with Gasteiger partial charge in [-0.3, -0.25) is 14.7 Å². The molecule has 1 unspecified atom stereocenters. The Morgan fingerprint density at radius 3 is 2.43 bits per heavy atom. The Kier molecular flexibility index (Phi) is 8.25. The number of sulfone groups is 1. The third-order valence-electron chi connectivity index (χ3n) is 5.69.